The van der Waals surface area contributed by atoms with Gasteiger partial charge in [0.1, 0.15) is 11.6 Å². The largest absolute Gasteiger partial charge is 0.484 e. The van der Waals surface area contributed by atoms with E-state index in [1.165, 1.54) is 6.26 Å². The number of pyridine rings is 1. The maximum Gasteiger partial charge on any atom is 0.289 e. The molecule has 3 aromatic rings. The number of amides is 2. The molecular weight excluding hydrogens is 420 g/mol. The number of furan rings is 1. The number of benzene rings is 1. The van der Waals surface area contributed by atoms with Gasteiger partial charge in [0.05, 0.1) is 18.1 Å². The van der Waals surface area contributed by atoms with Gasteiger partial charge in [0.15, 0.2) is 12.4 Å². The monoisotopic (exact) mass is 440 g/mol. The van der Waals surface area contributed by atoms with Crippen LogP contribution in [0.1, 0.15) is 10.6 Å². The Labute approximate surface area is 184 Å². The van der Waals surface area contributed by atoms with Crippen molar-refractivity contribution in [3.8, 4) is 5.75 Å². The van der Waals surface area contributed by atoms with Gasteiger partial charge >= 0.3 is 0 Å². The lowest BCUT2D eigenvalue weighted by molar-refractivity contribution is -0.118. The fraction of sp³-hybridized carbons (Fsp3) is 0.227. The summed E-state index contributed by atoms with van der Waals surface area (Å²) in [5.74, 6) is 1.33. The highest BCUT2D eigenvalue weighted by molar-refractivity contribution is 6.30. The molecule has 1 aromatic carbocycles. The summed E-state index contributed by atoms with van der Waals surface area (Å²) in [6.45, 7) is 2.39. The molecule has 2 aromatic heterocycles. The third-order valence-electron chi connectivity index (χ3n) is 4.84. The molecule has 0 saturated carbocycles. The highest BCUT2D eigenvalue weighted by atomic mass is 35.5. The molecular formula is C22H21ClN4O4. The first-order valence-electron chi connectivity index (χ1n) is 9.80. The lowest BCUT2D eigenvalue weighted by atomic mass is 10.2. The van der Waals surface area contributed by atoms with Crippen LogP contribution < -0.4 is 15.0 Å². The van der Waals surface area contributed by atoms with Crippen LogP contribution in [0.4, 0.5) is 11.5 Å². The Hall–Kier alpha value is -3.52. The molecule has 0 aliphatic carbocycles. The van der Waals surface area contributed by atoms with Crippen LogP contribution in [0.3, 0.4) is 0 Å². The molecule has 8 nitrogen and oxygen atoms in total. The standard InChI is InChI=1S/C22H21ClN4O4/c23-16-3-6-18(7-4-16)31-15-21(28)25-17-5-8-20(24-14-17)26-9-11-27(12-10-26)22(29)19-2-1-13-30-19/h1-8,13-14H,9-12,15H2,(H,25,28). The van der Waals surface area contributed by atoms with Gasteiger partial charge in [-0.3, -0.25) is 9.59 Å². The summed E-state index contributed by atoms with van der Waals surface area (Å²) in [4.78, 5) is 32.7. The van der Waals surface area contributed by atoms with E-state index in [0.717, 1.165) is 5.82 Å². The Bertz CT molecular complexity index is 1010. The lowest BCUT2D eigenvalue weighted by Crippen LogP contribution is -2.49. The van der Waals surface area contributed by atoms with E-state index in [1.807, 2.05) is 6.07 Å². The molecule has 160 valence electrons. The van der Waals surface area contributed by atoms with Gasteiger partial charge in [-0.25, -0.2) is 4.98 Å². The van der Waals surface area contributed by atoms with Gasteiger partial charge in [0.2, 0.25) is 0 Å². The number of aromatic nitrogens is 1. The summed E-state index contributed by atoms with van der Waals surface area (Å²) >= 11 is 5.83. The van der Waals surface area contributed by atoms with Crippen LogP contribution in [0.2, 0.25) is 5.02 Å². The second-order valence-corrected chi connectivity index (χ2v) is 7.39. The Morgan fingerprint density at radius 2 is 1.84 bits per heavy atom. The van der Waals surface area contributed by atoms with Crippen LogP contribution in [0, 0.1) is 0 Å². The normalized spacial score (nSPS) is 13.7. The number of rotatable bonds is 6. The summed E-state index contributed by atoms with van der Waals surface area (Å²) in [5.41, 5.74) is 0.583. The van der Waals surface area contributed by atoms with Gasteiger partial charge in [-0.2, -0.15) is 0 Å². The number of carbonyl (C=O) groups excluding carboxylic acids is 2. The highest BCUT2D eigenvalue weighted by Crippen LogP contribution is 2.18. The SMILES string of the molecule is O=C(COc1ccc(Cl)cc1)Nc1ccc(N2CCN(C(=O)c3ccco3)CC2)nc1. The smallest absolute Gasteiger partial charge is 0.289 e. The van der Waals surface area contributed by atoms with E-state index in [0.29, 0.717) is 48.4 Å². The molecule has 0 unspecified atom stereocenters. The van der Waals surface area contributed by atoms with Gasteiger partial charge in [-0.05, 0) is 48.5 Å². The molecule has 0 radical (unpaired) electrons. The van der Waals surface area contributed by atoms with Gasteiger partial charge in [-0.1, -0.05) is 11.6 Å². The zero-order valence-electron chi connectivity index (χ0n) is 16.7. The molecule has 0 bridgehead atoms. The summed E-state index contributed by atoms with van der Waals surface area (Å²) in [6, 6.07) is 13.8. The van der Waals surface area contributed by atoms with Crippen LogP contribution in [0.25, 0.3) is 0 Å². The number of hydrogen-bond donors (Lipinski definition) is 1. The molecule has 1 saturated heterocycles. The topological polar surface area (TPSA) is 87.9 Å². The molecule has 0 atom stereocenters. The molecule has 1 aliphatic rings. The first-order valence-corrected chi connectivity index (χ1v) is 10.2. The van der Waals surface area contributed by atoms with Crippen molar-refractivity contribution in [2.75, 3.05) is 43.0 Å². The summed E-state index contributed by atoms with van der Waals surface area (Å²) < 4.78 is 10.6. The number of hydrogen-bond acceptors (Lipinski definition) is 6. The molecule has 2 amide bonds. The minimum absolute atomic E-state index is 0.100. The number of carbonyl (C=O) groups is 2. The molecule has 0 spiro atoms. The minimum Gasteiger partial charge on any atom is -0.484 e. The van der Waals surface area contributed by atoms with E-state index >= 15 is 0 Å². The molecule has 1 N–H and O–H groups in total. The maximum atomic E-state index is 12.4. The predicted molar refractivity (Wildman–Crippen MR) is 117 cm³/mol. The van der Waals surface area contributed by atoms with Crippen LogP contribution >= 0.6 is 11.6 Å². The van der Waals surface area contributed by atoms with Crippen molar-refractivity contribution < 1.29 is 18.7 Å². The van der Waals surface area contributed by atoms with Crippen molar-refractivity contribution in [1.82, 2.24) is 9.88 Å². The first kappa shape index (κ1) is 20.7. The molecule has 9 heteroatoms. The van der Waals surface area contributed by atoms with Gasteiger partial charge in [0, 0.05) is 31.2 Å². The second kappa shape index (κ2) is 9.53. The fourth-order valence-electron chi connectivity index (χ4n) is 3.22. The second-order valence-electron chi connectivity index (χ2n) is 6.95. The predicted octanol–water partition coefficient (Wildman–Crippen LogP) is 3.31. The average molecular weight is 441 g/mol. The number of nitrogens with one attached hydrogen (secondary N) is 1. The Morgan fingerprint density at radius 3 is 2.48 bits per heavy atom. The quantitative estimate of drug-likeness (QED) is 0.632. The van der Waals surface area contributed by atoms with E-state index in [4.69, 9.17) is 20.8 Å². The van der Waals surface area contributed by atoms with Crippen molar-refractivity contribution in [1.29, 1.82) is 0 Å². The van der Waals surface area contributed by atoms with E-state index in [1.54, 1.807) is 53.6 Å². The van der Waals surface area contributed by atoms with Gasteiger partial charge in [-0.15, -0.1) is 0 Å². The Morgan fingerprint density at radius 1 is 1.06 bits per heavy atom. The number of piperazine rings is 1. The Kier molecular flexibility index (Phi) is 6.37. The van der Waals surface area contributed by atoms with E-state index in [-0.39, 0.29) is 18.4 Å². The first-order chi connectivity index (χ1) is 15.1. The van der Waals surface area contributed by atoms with Crippen LogP contribution in [0.15, 0.2) is 65.4 Å². The summed E-state index contributed by atoms with van der Waals surface area (Å²) in [6.07, 6.45) is 3.10. The maximum absolute atomic E-state index is 12.4. The van der Waals surface area contributed by atoms with Crippen molar-refractivity contribution >= 4 is 34.9 Å². The van der Waals surface area contributed by atoms with Crippen molar-refractivity contribution in [3.63, 3.8) is 0 Å². The van der Waals surface area contributed by atoms with Gasteiger partial charge < -0.3 is 24.3 Å². The van der Waals surface area contributed by atoms with Crippen molar-refractivity contribution in [3.05, 3.63) is 71.8 Å². The number of nitrogens with zero attached hydrogens (tertiary/aromatic N) is 3. The number of anilines is 2. The molecule has 1 aliphatic heterocycles. The fourth-order valence-corrected chi connectivity index (χ4v) is 3.34. The highest BCUT2D eigenvalue weighted by Gasteiger charge is 2.24. The molecule has 31 heavy (non-hydrogen) atoms. The van der Waals surface area contributed by atoms with E-state index in [9.17, 15) is 9.59 Å². The van der Waals surface area contributed by atoms with Crippen LogP contribution in [0.5, 0.6) is 5.75 Å². The van der Waals surface area contributed by atoms with Crippen LogP contribution in [-0.2, 0) is 4.79 Å². The van der Waals surface area contributed by atoms with Gasteiger partial charge in [0.25, 0.3) is 11.8 Å². The summed E-state index contributed by atoms with van der Waals surface area (Å²) in [7, 11) is 0. The zero-order chi connectivity index (χ0) is 21.6. The van der Waals surface area contributed by atoms with E-state index < -0.39 is 0 Å². The third kappa shape index (κ3) is 5.35. The molecule has 1 fully saturated rings. The molecule has 4 rings (SSSR count). The summed E-state index contributed by atoms with van der Waals surface area (Å²) in [5, 5.41) is 3.36. The zero-order valence-corrected chi connectivity index (χ0v) is 17.4. The average Bonchev–Trinajstić information content (AvgIpc) is 3.34. The number of ether oxygens (including phenoxy) is 1. The minimum atomic E-state index is -0.283. The Balaban J connectivity index is 1.25. The lowest BCUT2D eigenvalue weighted by Gasteiger charge is -2.35. The number of halogens is 1. The van der Waals surface area contributed by atoms with Crippen molar-refractivity contribution in [2.45, 2.75) is 0 Å². The third-order valence-corrected chi connectivity index (χ3v) is 5.09. The molecule has 3 heterocycles. The van der Waals surface area contributed by atoms with Crippen LogP contribution in [-0.4, -0.2) is 54.5 Å². The van der Waals surface area contributed by atoms with Crippen molar-refractivity contribution in [2.24, 2.45) is 0 Å². The van der Waals surface area contributed by atoms with E-state index in [2.05, 4.69) is 15.2 Å².